The molecule has 1 aromatic rings. The van der Waals surface area contributed by atoms with Gasteiger partial charge in [-0.05, 0) is 45.4 Å². The summed E-state index contributed by atoms with van der Waals surface area (Å²) >= 11 is 5.93. The van der Waals surface area contributed by atoms with Crippen molar-refractivity contribution in [1.82, 2.24) is 15.5 Å². The van der Waals surface area contributed by atoms with Crippen molar-refractivity contribution in [2.45, 2.75) is 52.0 Å². The lowest BCUT2D eigenvalue weighted by Crippen LogP contribution is -2.59. The molecule has 0 aliphatic carbocycles. The van der Waals surface area contributed by atoms with Gasteiger partial charge in [-0.25, -0.2) is 0 Å². The van der Waals surface area contributed by atoms with Crippen molar-refractivity contribution < 1.29 is 4.74 Å². The number of guanidine groups is 1. The summed E-state index contributed by atoms with van der Waals surface area (Å²) in [6.07, 6.45) is 0.538. The quantitative estimate of drug-likeness (QED) is 0.374. The smallest absolute Gasteiger partial charge is 0.191 e. The third kappa shape index (κ3) is 7.21. The van der Waals surface area contributed by atoms with Crippen LogP contribution < -0.4 is 10.6 Å². The van der Waals surface area contributed by atoms with Gasteiger partial charge in [0.15, 0.2) is 5.96 Å². The molecule has 2 unspecified atom stereocenters. The monoisotopic (exact) mass is 494 g/mol. The molecule has 5 nitrogen and oxygen atoms in total. The Bertz CT molecular complexity index is 569. The van der Waals surface area contributed by atoms with Gasteiger partial charge < -0.3 is 15.4 Å². The Balaban J connectivity index is 0.00000338. The molecule has 0 aromatic heterocycles. The number of hydrogen-bond donors (Lipinski definition) is 2. The Morgan fingerprint density at radius 2 is 1.77 bits per heavy atom. The van der Waals surface area contributed by atoms with Crippen molar-refractivity contribution in [3.8, 4) is 0 Å². The van der Waals surface area contributed by atoms with Crippen molar-refractivity contribution >= 4 is 41.5 Å². The molecule has 0 saturated carbocycles. The molecule has 0 radical (unpaired) electrons. The molecule has 0 bridgehead atoms. The van der Waals surface area contributed by atoms with Crippen LogP contribution >= 0.6 is 35.6 Å². The van der Waals surface area contributed by atoms with E-state index in [1.165, 1.54) is 5.56 Å². The second-order valence-electron chi connectivity index (χ2n) is 7.38. The van der Waals surface area contributed by atoms with Gasteiger partial charge in [0, 0.05) is 43.8 Å². The summed E-state index contributed by atoms with van der Waals surface area (Å²) in [5.41, 5.74) is 1.19. The molecule has 1 fully saturated rings. The van der Waals surface area contributed by atoms with Crippen molar-refractivity contribution in [2.24, 2.45) is 4.99 Å². The fourth-order valence-corrected chi connectivity index (χ4v) is 3.22. The van der Waals surface area contributed by atoms with Crippen LogP contribution in [0.4, 0.5) is 0 Å². The van der Waals surface area contributed by atoms with Crippen molar-refractivity contribution in [1.29, 1.82) is 0 Å². The van der Waals surface area contributed by atoms with Crippen LogP contribution in [0.15, 0.2) is 29.3 Å². The van der Waals surface area contributed by atoms with Crippen LogP contribution in [-0.4, -0.2) is 55.3 Å². The largest absolute Gasteiger partial charge is 0.373 e. The van der Waals surface area contributed by atoms with E-state index in [9.17, 15) is 0 Å². The maximum Gasteiger partial charge on any atom is 0.191 e. The molecule has 26 heavy (non-hydrogen) atoms. The molecule has 1 heterocycles. The topological polar surface area (TPSA) is 48.9 Å². The highest BCUT2D eigenvalue weighted by Gasteiger charge is 2.33. The van der Waals surface area contributed by atoms with Gasteiger partial charge in [0.05, 0.1) is 12.2 Å². The van der Waals surface area contributed by atoms with E-state index in [2.05, 4.69) is 48.2 Å². The molecule has 1 aromatic carbocycles. The molecule has 1 aliphatic rings. The maximum atomic E-state index is 5.93. The van der Waals surface area contributed by atoms with Gasteiger partial charge in [-0.1, -0.05) is 23.7 Å². The van der Waals surface area contributed by atoms with Gasteiger partial charge in [-0.15, -0.1) is 24.0 Å². The standard InChI is InChI=1S/C19H31ClN4O.HI/c1-14-11-24(12-15(2)25-14)19(3,4)13-23-18(21-5)22-10-16-6-8-17(20)9-7-16;/h6-9,14-15H,10-13H2,1-5H3,(H2,21,22,23);1H. The molecule has 2 atom stereocenters. The number of hydrogen-bond acceptors (Lipinski definition) is 3. The predicted octanol–water partition coefficient (Wildman–Crippen LogP) is 3.51. The summed E-state index contributed by atoms with van der Waals surface area (Å²) in [5, 5.41) is 7.55. The van der Waals surface area contributed by atoms with E-state index in [0.29, 0.717) is 6.54 Å². The summed E-state index contributed by atoms with van der Waals surface area (Å²) in [6, 6.07) is 7.84. The summed E-state index contributed by atoms with van der Waals surface area (Å²) in [5.74, 6) is 0.803. The van der Waals surface area contributed by atoms with Crippen LogP contribution in [0, 0.1) is 0 Å². The molecular weight excluding hydrogens is 463 g/mol. The molecule has 2 rings (SSSR count). The third-order valence-electron chi connectivity index (χ3n) is 4.56. The second-order valence-corrected chi connectivity index (χ2v) is 7.82. The number of ether oxygens (including phenoxy) is 1. The number of morpholine rings is 1. The normalized spacial score (nSPS) is 21.8. The van der Waals surface area contributed by atoms with E-state index in [1.807, 2.05) is 24.3 Å². The van der Waals surface area contributed by atoms with Gasteiger partial charge in [-0.2, -0.15) is 0 Å². The molecule has 148 valence electrons. The minimum absolute atomic E-state index is 0. The Morgan fingerprint density at radius 1 is 1.19 bits per heavy atom. The lowest BCUT2D eigenvalue weighted by Gasteiger charge is -2.45. The van der Waals surface area contributed by atoms with E-state index < -0.39 is 0 Å². The minimum atomic E-state index is 0. The van der Waals surface area contributed by atoms with Crippen LogP contribution in [0.1, 0.15) is 33.3 Å². The predicted molar refractivity (Wildman–Crippen MR) is 121 cm³/mol. The van der Waals surface area contributed by atoms with Crippen LogP contribution in [0.3, 0.4) is 0 Å². The van der Waals surface area contributed by atoms with Crippen LogP contribution in [0.2, 0.25) is 5.02 Å². The van der Waals surface area contributed by atoms with Crippen LogP contribution in [-0.2, 0) is 11.3 Å². The fraction of sp³-hybridized carbons (Fsp3) is 0.632. The van der Waals surface area contributed by atoms with E-state index in [4.69, 9.17) is 16.3 Å². The zero-order valence-corrected chi connectivity index (χ0v) is 19.5. The highest BCUT2D eigenvalue weighted by atomic mass is 127. The molecule has 0 amide bonds. The van der Waals surface area contributed by atoms with Crippen LogP contribution in [0.25, 0.3) is 0 Å². The van der Waals surface area contributed by atoms with Gasteiger partial charge in [-0.3, -0.25) is 9.89 Å². The van der Waals surface area contributed by atoms with E-state index in [1.54, 1.807) is 7.05 Å². The molecular formula is C19H32ClIN4O. The van der Waals surface area contributed by atoms with Crippen LogP contribution in [0.5, 0.6) is 0 Å². The van der Waals surface area contributed by atoms with Gasteiger partial charge in [0.25, 0.3) is 0 Å². The molecule has 1 saturated heterocycles. The number of halogens is 2. The van der Waals surface area contributed by atoms with Gasteiger partial charge in [0.2, 0.25) is 0 Å². The lowest BCUT2D eigenvalue weighted by molar-refractivity contribution is -0.0946. The van der Waals surface area contributed by atoms with E-state index in [-0.39, 0.29) is 41.7 Å². The fourth-order valence-electron chi connectivity index (χ4n) is 3.09. The summed E-state index contributed by atoms with van der Waals surface area (Å²) in [6.45, 7) is 12.2. The van der Waals surface area contributed by atoms with Crippen molar-refractivity contribution in [3.05, 3.63) is 34.9 Å². The van der Waals surface area contributed by atoms with E-state index in [0.717, 1.165) is 30.6 Å². The Morgan fingerprint density at radius 3 is 2.31 bits per heavy atom. The van der Waals surface area contributed by atoms with Crippen molar-refractivity contribution in [2.75, 3.05) is 26.7 Å². The average molecular weight is 495 g/mol. The Hall–Kier alpha value is -0.570. The molecule has 2 N–H and O–H groups in total. The first-order valence-electron chi connectivity index (χ1n) is 8.89. The average Bonchev–Trinajstić information content (AvgIpc) is 2.55. The lowest BCUT2D eigenvalue weighted by atomic mass is 10.00. The molecule has 0 spiro atoms. The second kappa shape index (κ2) is 10.7. The molecule has 7 heteroatoms. The number of nitrogens with zero attached hydrogens (tertiary/aromatic N) is 2. The van der Waals surface area contributed by atoms with Gasteiger partial charge >= 0.3 is 0 Å². The highest BCUT2D eigenvalue weighted by molar-refractivity contribution is 14.0. The first-order valence-corrected chi connectivity index (χ1v) is 9.27. The van der Waals surface area contributed by atoms with Crippen molar-refractivity contribution in [3.63, 3.8) is 0 Å². The number of benzene rings is 1. The van der Waals surface area contributed by atoms with Gasteiger partial charge in [0.1, 0.15) is 0 Å². The Kier molecular flexibility index (Phi) is 9.64. The highest BCUT2D eigenvalue weighted by Crippen LogP contribution is 2.20. The number of rotatable bonds is 5. The summed E-state index contributed by atoms with van der Waals surface area (Å²) in [4.78, 5) is 6.82. The number of nitrogens with one attached hydrogen (secondary N) is 2. The first kappa shape index (κ1) is 23.5. The SMILES string of the molecule is CN=C(NCc1ccc(Cl)cc1)NCC(C)(C)N1CC(C)OC(C)C1.I. The Labute approximate surface area is 179 Å². The zero-order chi connectivity index (χ0) is 18.4. The van der Waals surface area contributed by atoms with E-state index >= 15 is 0 Å². The summed E-state index contributed by atoms with van der Waals surface area (Å²) < 4.78 is 5.85. The zero-order valence-electron chi connectivity index (χ0n) is 16.4. The minimum Gasteiger partial charge on any atom is -0.373 e. The maximum absolute atomic E-state index is 5.93. The molecule has 1 aliphatic heterocycles. The third-order valence-corrected chi connectivity index (χ3v) is 4.81. The number of aliphatic imine (C=N–C) groups is 1. The summed E-state index contributed by atoms with van der Waals surface area (Å²) in [7, 11) is 1.79. The first-order chi connectivity index (χ1) is 11.8.